The lowest BCUT2D eigenvalue weighted by Crippen LogP contribution is -2.30. The highest BCUT2D eigenvalue weighted by Crippen LogP contribution is 2.37. The van der Waals surface area contributed by atoms with E-state index in [2.05, 4.69) is 15.3 Å². The van der Waals surface area contributed by atoms with Gasteiger partial charge in [0.1, 0.15) is 17.0 Å². The Balaban J connectivity index is 1.62. The van der Waals surface area contributed by atoms with E-state index in [1.54, 1.807) is 19.1 Å². The van der Waals surface area contributed by atoms with Gasteiger partial charge in [0.05, 0.1) is 12.0 Å². The Bertz CT molecular complexity index is 991. The molecule has 3 aromatic rings. The first kappa shape index (κ1) is 20.7. The zero-order valence-corrected chi connectivity index (χ0v) is 16.6. The molecular weight excluding hydrogens is 397 g/mol. The van der Waals surface area contributed by atoms with Crippen molar-refractivity contribution < 1.29 is 23.5 Å². The monoisotopic (exact) mass is 417 g/mol. The molecular formula is C20H20FN3O4S. The molecule has 2 heterocycles. The molecule has 152 valence electrons. The first-order valence-electron chi connectivity index (χ1n) is 9.11. The Kier molecular flexibility index (Phi) is 7.07. The van der Waals surface area contributed by atoms with Gasteiger partial charge in [0.2, 0.25) is 5.88 Å². The largest absolute Gasteiger partial charge is 0.467 e. The number of carbonyl (C=O) groups is 2. The molecule has 0 saturated carbocycles. The zero-order valence-electron chi connectivity index (χ0n) is 15.8. The third-order valence-corrected chi connectivity index (χ3v) is 4.90. The van der Waals surface area contributed by atoms with E-state index in [0.29, 0.717) is 29.8 Å². The molecule has 0 fully saturated rings. The second-order valence-corrected chi connectivity index (χ2v) is 6.92. The minimum Gasteiger partial charge on any atom is -0.467 e. The number of hydrogen-bond acceptors (Lipinski definition) is 7. The summed E-state index contributed by atoms with van der Waals surface area (Å²) < 4.78 is 23.7. The number of benzene rings is 1. The number of ether oxygens (including phenoxy) is 2. The molecule has 1 N–H and O–H groups in total. The summed E-state index contributed by atoms with van der Waals surface area (Å²) in [6, 6.07) is 6.10. The maximum Gasteiger partial charge on any atom is 0.305 e. The normalized spacial score (nSPS) is 10.7. The predicted octanol–water partition coefficient (Wildman–Crippen LogP) is 3.34. The van der Waals surface area contributed by atoms with Crippen molar-refractivity contribution in [1.82, 2.24) is 15.3 Å². The summed E-state index contributed by atoms with van der Waals surface area (Å²) in [7, 11) is 0. The number of esters is 1. The summed E-state index contributed by atoms with van der Waals surface area (Å²) in [6.07, 6.45) is 2.11. The standard InChI is InChI=1S/C20H20FN3O4S/c1-2-27-17(26)4-3-9-22-16(25)10-28-19-18-15(11-29-20(18)24-12-23-19)13-5-7-14(21)8-6-13/h5-8,11-12H,2-4,9-10H2,1H3,(H,22,25). The van der Waals surface area contributed by atoms with Gasteiger partial charge in [0.15, 0.2) is 6.61 Å². The van der Waals surface area contributed by atoms with Crippen LogP contribution in [0.5, 0.6) is 5.88 Å². The third kappa shape index (κ3) is 5.47. The van der Waals surface area contributed by atoms with E-state index < -0.39 is 0 Å². The molecule has 0 spiro atoms. The van der Waals surface area contributed by atoms with Crippen molar-refractivity contribution in [2.45, 2.75) is 19.8 Å². The quantitative estimate of drug-likeness (QED) is 0.424. The number of rotatable bonds is 9. The van der Waals surface area contributed by atoms with E-state index in [9.17, 15) is 14.0 Å². The van der Waals surface area contributed by atoms with Crippen LogP contribution in [0.15, 0.2) is 36.0 Å². The van der Waals surface area contributed by atoms with Crippen molar-refractivity contribution in [2.24, 2.45) is 0 Å². The van der Waals surface area contributed by atoms with Gasteiger partial charge in [0.25, 0.3) is 5.91 Å². The summed E-state index contributed by atoms with van der Waals surface area (Å²) in [4.78, 5) is 32.4. The Morgan fingerprint density at radius 2 is 2.00 bits per heavy atom. The van der Waals surface area contributed by atoms with Gasteiger partial charge in [-0.05, 0) is 31.0 Å². The molecule has 0 atom stereocenters. The summed E-state index contributed by atoms with van der Waals surface area (Å²) in [5, 5.41) is 5.27. The fourth-order valence-corrected chi connectivity index (χ4v) is 3.58. The van der Waals surface area contributed by atoms with Crippen LogP contribution in [0, 0.1) is 5.82 Å². The highest BCUT2D eigenvalue weighted by Gasteiger charge is 2.15. The van der Waals surface area contributed by atoms with Crippen molar-refractivity contribution in [3.63, 3.8) is 0 Å². The van der Waals surface area contributed by atoms with Gasteiger partial charge in [-0.1, -0.05) is 12.1 Å². The van der Waals surface area contributed by atoms with Gasteiger partial charge in [-0.25, -0.2) is 14.4 Å². The van der Waals surface area contributed by atoms with E-state index in [0.717, 1.165) is 11.1 Å². The van der Waals surface area contributed by atoms with Crippen molar-refractivity contribution in [3.05, 3.63) is 41.8 Å². The van der Waals surface area contributed by atoms with Gasteiger partial charge in [-0.2, -0.15) is 0 Å². The van der Waals surface area contributed by atoms with Gasteiger partial charge in [-0.3, -0.25) is 9.59 Å². The molecule has 29 heavy (non-hydrogen) atoms. The van der Waals surface area contributed by atoms with E-state index in [-0.39, 0.29) is 36.6 Å². The SMILES string of the molecule is CCOC(=O)CCCNC(=O)COc1ncnc2scc(-c3ccc(F)cc3)c12. The number of thiophene rings is 1. The summed E-state index contributed by atoms with van der Waals surface area (Å²) >= 11 is 1.42. The highest BCUT2D eigenvalue weighted by molar-refractivity contribution is 7.17. The van der Waals surface area contributed by atoms with Crippen molar-refractivity contribution in [2.75, 3.05) is 19.8 Å². The average molecular weight is 417 g/mol. The number of hydrogen-bond donors (Lipinski definition) is 1. The van der Waals surface area contributed by atoms with Gasteiger partial charge >= 0.3 is 5.97 Å². The molecule has 0 aliphatic heterocycles. The van der Waals surface area contributed by atoms with E-state index in [4.69, 9.17) is 9.47 Å². The van der Waals surface area contributed by atoms with Crippen LogP contribution in [0.3, 0.4) is 0 Å². The molecule has 0 aliphatic rings. The lowest BCUT2D eigenvalue weighted by atomic mass is 10.1. The summed E-state index contributed by atoms with van der Waals surface area (Å²) in [5.41, 5.74) is 1.62. The van der Waals surface area contributed by atoms with Crippen LogP contribution in [-0.4, -0.2) is 41.6 Å². The van der Waals surface area contributed by atoms with Crippen LogP contribution in [0.4, 0.5) is 4.39 Å². The molecule has 0 unspecified atom stereocenters. The first-order chi connectivity index (χ1) is 14.1. The number of halogens is 1. The van der Waals surface area contributed by atoms with E-state index in [1.165, 1.54) is 29.8 Å². The Hall–Kier alpha value is -3.07. The number of nitrogens with one attached hydrogen (secondary N) is 1. The molecule has 0 radical (unpaired) electrons. The summed E-state index contributed by atoms with van der Waals surface area (Å²) in [6.45, 7) is 2.22. The number of fused-ring (bicyclic) bond motifs is 1. The molecule has 9 heteroatoms. The maximum absolute atomic E-state index is 13.2. The molecule has 2 aromatic heterocycles. The number of amides is 1. The van der Waals surface area contributed by atoms with Crippen LogP contribution in [0.25, 0.3) is 21.3 Å². The molecule has 7 nitrogen and oxygen atoms in total. The lowest BCUT2D eigenvalue weighted by Gasteiger charge is -2.09. The topological polar surface area (TPSA) is 90.4 Å². The molecule has 3 rings (SSSR count). The van der Waals surface area contributed by atoms with Crippen LogP contribution in [-0.2, 0) is 14.3 Å². The van der Waals surface area contributed by atoms with Crippen LogP contribution >= 0.6 is 11.3 Å². The molecule has 0 aliphatic carbocycles. The smallest absolute Gasteiger partial charge is 0.305 e. The first-order valence-corrected chi connectivity index (χ1v) is 9.99. The Morgan fingerprint density at radius 3 is 2.76 bits per heavy atom. The molecule has 0 saturated heterocycles. The van der Waals surface area contributed by atoms with Gasteiger partial charge < -0.3 is 14.8 Å². The van der Waals surface area contributed by atoms with E-state index in [1.807, 2.05) is 5.38 Å². The minimum absolute atomic E-state index is 0.218. The number of carbonyl (C=O) groups excluding carboxylic acids is 2. The molecule has 1 aromatic carbocycles. The van der Waals surface area contributed by atoms with Crippen LogP contribution < -0.4 is 10.1 Å². The number of aromatic nitrogens is 2. The van der Waals surface area contributed by atoms with Gasteiger partial charge in [-0.15, -0.1) is 11.3 Å². The minimum atomic E-state index is -0.320. The highest BCUT2D eigenvalue weighted by atomic mass is 32.1. The second-order valence-electron chi connectivity index (χ2n) is 6.06. The van der Waals surface area contributed by atoms with Crippen LogP contribution in [0.1, 0.15) is 19.8 Å². The second kappa shape index (κ2) is 9.92. The lowest BCUT2D eigenvalue weighted by molar-refractivity contribution is -0.143. The molecule has 1 amide bonds. The zero-order chi connectivity index (χ0) is 20.6. The molecule has 0 bridgehead atoms. The van der Waals surface area contributed by atoms with Crippen molar-refractivity contribution in [1.29, 1.82) is 0 Å². The maximum atomic E-state index is 13.2. The predicted molar refractivity (Wildman–Crippen MR) is 107 cm³/mol. The summed E-state index contributed by atoms with van der Waals surface area (Å²) in [5.74, 6) is -0.635. The van der Waals surface area contributed by atoms with Gasteiger partial charge in [0, 0.05) is 23.9 Å². The Morgan fingerprint density at radius 1 is 1.21 bits per heavy atom. The third-order valence-electron chi connectivity index (χ3n) is 4.02. The fraction of sp³-hybridized carbons (Fsp3) is 0.300. The van der Waals surface area contributed by atoms with E-state index >= 15 is 0 Å². The van der Waals surface area contributed by atoms with Crippen molar-refractivity contribution >= 4 is 33.4 Å². The fourth-order valence-electron chi connectivity index (χ4n) is 2.68. The number of nitrogens with zero attached hydrogens (tertiary/aromatic N) is 2. The Labute approximate surface area is 170 Å². The van der Waals surface area contributed by atoms with Crippen molar-refractivity contribution in [3.8, 4) is 17.0 Å². The average Bonchev–Trinajstić information content (AvgIpc) is 3.15. The van der Waals surface area contributed by atoms with Crippen LogP contribution in [0.2, 0.25) is 0 Å².